The van der Waals surface area contributed by atoms with E-state index in [4.69, 9.17) is 0 Å². The van der Waals surface area contributed by atoms with Crippen LogP contribution < -0.4 is 0 Å². The average Bonchev–Trinajstić information content (AvgIpc) is 2.65. The van der Waals surface area contributed by atoms with Crippen LogP contribution in [0.1, 0.15) is 43.7 Å². The van der Waals surface area contributed by atoms with Gasteiger partial charge in [0.05, 0.1) is 0 Å². The van der Waals surface area contributed by atoms with E-state index in [1.165, 1.54) is 24.0 Å². The van der Waals surface area contributed by atoms with Crippen molar-refractivity contribution in [3.63, 3.8) is 0 Å². The van der Waals surface area contributed by atoms with Gasteiger partial charge in [0, 0.05) is 12.8 Å². The second-order valence-electron chi connectivity index (χ2n) is 5.46. The van der Waals surface area contributed by atoms with Crippen LogP contribution in [0.3, 0.4) is 0 Å². The van der Waals surface area contributed by atoms with Crippen LogP contribution in [0.5, 0.6) is 0 Å². The van der Waals surface area contributed by atoms with Gasteiger partial charge in [0.15, 0.2) is 0 Å². The van der Waals surface area contributed by atoms with Crippen LogP contribution in [0.4, 0.5) is 0 Å². The Morgan fingerprint density at radius 2 is 1.94 bits per heavy atom. The van der Waals surface area contributed by atoms with Crippen molar-refractivity contribution < 1.29 is 4.79 Å². The fraction of sp³-hybridized carbons (Fsp3) is 0.533. The van der Waals surface area contributed by atoms with Crippen LogP contribution in [0.2, 0.25) is 0 Å². The van der Waals surface area contributed by atoms with E-state index in [9.17, 15) is 4.79 Å². The summed E-state index contributed by atoms with van der Waals surface area (Å²) in [5.74, 6) is 0.986. The number of rotatable bonds is 0. The molecule has 1 heteroatoms. The first-order chi connectivity index (χ1) is 7.72. The minimum absolute atomic E-state index is 0.324. The Bertz CT molecular complexity index is 435. The molecule has 1 spiro atoms. The van der Waals surface area contributed by atoms with Crippen LogP contribution >= 0.6 is 0 Å². The summed E-state index contributed by atoms with van der Waals surface area (Å²) < 4.78 is 0. The molecule has 0 radical (unpaired) electrons. The van der Waals surface area contributed by atoms with Gasteiger partial charge in [0.1, 0.15) is 5.78 Å². The molecular weight excluding hydrogens is 196 g/mol. The Kier molecular flexibility index (Phi) is 2.17. The molecule has 2 atom stereocenters. The molecule has 16 heavy (non-hydrogen) atoms. The summed E-state index contributed by atoms with van der Waals surface area (Å²) >= 11 is 0. The van der Waals surface area contributed by atoms with Gasteiger partial charge in [-0.05, 0) is 41.7 Å². The maximum atomic E-state index is 11.5. The molecule has 0 N–H and O–H groups in total. The maximum Gasteiger partial charge on any atom is 0.133 e. The number of carbonyl (C=O) groups is 1. The van der Waals surface area contributed by atoms with Crippen molar-refractivity contribution in [2.24, 2.45) is 5.92 Å². The van der Waals surface area contributed by atoms with Gasteiger partial charge < -0.3 is 0 Å². The topological polar surface area (TPSA) is 17.1 Å². The number of ketones is 1. The second kappa shape index (κ2) is 3.44. The van der Waals surface area contributed by atoms with Gasteiger partial charge in [0.25, 0.3) is 0 Å². The first-order valence-electron chi connectivity index (χ1n) is 6.32. The minimum atomic E-state index is 0.324. The van der Waals surface area contributed by atoms with Gasteiger partial charge >= 0.3 is 0 Å². The van der Waals surface area contributed by atoms with E-state index in [1.54, 1.807) is 0 Å². The average molecular weight is 214 g/mol. The van der Waals surface area contributed by atoms with Crippen LogP contribution in [0.15, 0.2) is 24.3 Å². The Balaban J connectivity index is 2.04. The molecule has 0 heterocycles. The lowest BCUT2D eigenvalue weighted by Gasteiger charge is -2.40. The number of aryl methyl sites for hydroxylation is 1. The monoisotopic (exact) mass is 214 g/mol. The van der Waals surface area contributed by atoms with E-state index in [0.717, 1.165) is 19.3 Å². The highest BCUT2D eigenvalue weighted by Gasteiger charge is 2.45. The SMILES string of the molecule is CC1CC(=O)CCC12CCc1ccccc12. The predicted molar refractivity (Wildman–Crippen MR) is 64.5 cm³/mol. The summed E-state index contributed by atoms with van der Waals surface area (Å²) in [6.07, 6.45) is 5.10. The van der Waals surface area contributed by atoms with E-state index in [2.05, 4.69) is 31.2 Å². The van der Waals surface area contributed by atoms with Gasteiger partial charge in [-0.25, -0.2) is 0 Å². The summed E-state index contributed by atoms with van der Waals surface area (Å²) in [4.78, 5) is 11.5. The molecule has 2 unspecified atom stereocenters. The first-order valence-corrected chi connectivity index (χ1v) is 6.32. The second-order valence-corrected chi connectivity index (χ2v) is 5.46. The largest absolute Gasteiger partial charge is 0.300 e. The standard InChI is InChI=1S/C15H18O/c1-11-10-13(16)7-9-15(11)8-6-12-4-2-3-5-14(12)15/h2-5,11H,6-10H2,1H3. The Labute approximate surface area is 96.9 Å². The Morgan fingerprint density at radius 1 is 1.19 bits per heavy atom. The molecule has 0 aromatic heterocycles. The highest BCUT2D eigenvalue weighted by molar-refractivity contribution is 5.80. The van der Waals surface area contributed by atoms with Crippen LogP contribution in [0.25, 0.3) is 0 Å². The zero-order chi connectivity index (χ0) is 11.2. The lowest BCUT2D eigenvalue weighted by molar-refractivity contribution is -0.123. The maximum absolute atomic E-state index is 11.5. The summed E-state index contributed by atoms with van der Waals surface area (Å²) in [7, 11) is 0. The van der Waals surface area contributed by atoms with Crippen molar-refractivity contribution in [2.45, 2.75) is 44.4 Å². The molecule has 0 aliphatic heterocycles. The number of benzene rings is 1. The molecule has 1 fully saturated rings. The molecule has 0 saturated heterocycles. The zero-order valence-corrected chi connectivity index (χ0v) is 9.83. The molecule has 3 rings (SSSR count). The Hall–Kier alpha value is -1.11. The number of hydrogen-bond donors (Lipinski definition) is 0. The zero-order valence-electron chi connectivity index (χ0n) is 9.83. The summed E-state index contributed by atoms with van der Waals surface area (Å²) in [5, 5.41) is 0. The van der Waals surface area contributed by atoms with Crippen molar-refractivity contribution in [2.75, 3.05) is 0 Å². The molecular formula is C15H18O. The third-order valence-corrected chi connectivity index (χ3v) is 4.72. The number of Topliss-reactive ketones (excluding diaryl/α,β-unsaturated/α-hetero) is 1. The van der Waals surface area contributed by atoms with Gasteiger partial charge in [-0.15, -0.1) is 0 Å². The normalized spacial score (nSPS) is 33.1. The first kappa shape index (κ1) is 10.1. The van der Waals surface area contributed by atoms with Crippen LogP contribution in [0, 0.1) is 5.92 Å². The van der Waals surface area contributed by atoms with Crippen molar-refractivity contribution in [1.29, 1.82) is 0 Å². The third-order valence-electron chi connectivity index (χ3n) is 4.72. The van der Waals surface area contributed by atoms with Crippen molar-refractivity contribution in [1.82, 2.24) is 0 Å². The third kappa shape index (κ3) is 1.27. The van der Waals surface area contributed by atoms with Gasteiger partial charge in [-0.2, -0.15) is 0 Å². The molecule has 1 nitrogen and oxygen atoms in total. The molecule has 1 aromatic rings. The van der Waals surface area contributed by atoms with Gasteiger partial charge in [-0.1, -0.05) is 31.2 Å². The molecule has 0 bridgehead atoms. The molecule has 0 amide bonds. The van der Waals surface area contributed by atoms with Gasteiger partial charge in [-0.3, -0.25) is 4.79 Å². The van der Waals surface area contributed by atoms with E-state index in [-0.39, 0.29) is 0 Å². The highest BCUT2D eigenvalue weighted by atomic mass is 16.1. The molecule has 2 aliphatic carbocycles. The smallest absolute Gasteiger partial charge is 0.133 e. The van der Waals surface area contributed by atoms with E-state index >= 15 is 0 Å². The predicted octanol–water partition coefficient (Wildman–Crippen LogP) is 3.26. The lowest BCUT2D eigenvalue weighted by Crippen LogP contribution is -2.37. The summed E-state index contributed by atoms with van der Waals surface area (Å²) in [5.41, 5.74) is 3.38. The van der Waals surface area contributed by atoms with Crippen molar-refractivity contribution in [3.05, 3.63) is 35.4 Å². The van der Waals surface area contributed by atoms with E-state index in [1.807, 2.05) is 0 Å². The number of fused-ring (bicyclic) bond motifs is 2. The number of carbonyl (C=O) groups excluding carboxylic acids is 1. The van der Waals surface area contributed by atoms with Crippen molar-refractivity contribution >= 4 is 5.78 Å². The summed E-state index contributed by atoms with van der Waals surface area (Å²) in [6, 6.07) is 8.83. The Morgan fingerprint density at radius 3 is 2.75 bits per heavy atom. The fourth-order valence-corrected chi connectivity index (χ4v) is 3.74. The summed E-state index contributed by atoms with van der Waals surface area (Å²) in [6.45, 7) is 2.26. The fourth-order valence-electron chi connectivity index (χ4n) is 3.74. The van der Waals surface area contributed by atoms with Crippen molar-refractivity contribution in [3.8, 4) is 0 Å². The number of hydrogen-bond acceptors (Lipinski definition) is 1. The lowest BCUT2D eigenvalue weighted by atomic mass is 9.63. The molecule has 2 aliphatic rings. The quantitative estimate of drug-likeness (QED) is 0.648. The molecule has 84 valence electrons. The molecule has 1 saturated carbocycles. The molecule has 1 aromatic carbocycles. The highest BCUT2D eigenvalue weighted by Crippen LogP contribution is 2.50. The van der Waals surface area contributed by atoms with E-state index in [0.29, 0.717) is 17.1 Å². The van der Waals surface area contributed by atoms with Crippen LogP contribution in [-0.4, -0.2) is 5.78 Å². The van der Waals surface area contributed by atoms with E-state index < -0.39 is 0 Å². The van der Waals surface area contributed by atoms with Gasteiger partial charge in [0.2, 0.25) is 0 Å². The van der Waals surface area contributed by atoms with Crippen LogP contribution in [-0.2, 0) is 16.6 Å². The minimum Gasteiger partial charge on any atom is -0.300 e.